The van der Waals surface area contributed by atoms with E-state index in [2.05, 4.69) is 39.5 Å². The Morgan fingerprint density at radius 2 is 2.10 bits per heavy atom. The fourth-order valence-corrected chi connectivity index (χ4v) is 2.00. The zero-order valence-electron chi connectivity index (χ0n) is 12.5. The van der Waals surface area contributed by atoms with Gasteiger partial charge in [0.05, 0.1) is 6.61 Å². The van der Waals surface area contributed by atoms with Gasteiger partial charge in [-0.1, -0.05) is 30.3 Å². The lowest BCUT2D eigenvalue weighted by atomic mass is 10.2. The molecule has 0 aromatic heterocycles. The number of nitrogens with zero attached hydrogens (tertiary/aromatic N) is 2. The summed E-state index contributed by atoms with van der Waals surface area (Å²) in [5.41, 5.74) is 1.26. The largest absolute Gasteiger partial charge is 0.379 e. The van der Waals surface area contributed by atoms with Crippen molar-refractivity contribution in [1.82, 2.24) is 10.2 Å². The molecule has 0 amide bonds. The highest BCUT2D eigenvalue weighted by Gasteiger charge is 2.21. The third-order valence-corrected chi connectivity index (χ3v) is 3.49. The second kappa shape index (κ2) is 7.90. The van der Waals surface area contributed by atoms with Crippen molar-refractivity contribution < 1.29 is 4.74 Å². The van der Waals surface area contributed by atoms with E-state index >= 15 is 0 Å². The van der Waals surface area contributed by atoms with Crippen LogP contribution in [-0.2, 0) is 11.3 Å². The van der Waals surface area contributed by atoms with Crippen LogP contribution in [0.4, 0.5) is 0 Å². The molecule has 4 nitrogen and oxygen atoms in total. The summed E-state index contributed by atoms with van der Waals surface area (Å²) in [5, 5.41) is 3.37. The van der Waals surface area contributed by atoms with E-state index in [1.165, 1.54) is 18.4 Å². The van der Waals surface area contributed by atoms with Crippen molar-refractivity contribution in [3.63, 3.8) is 0 Å². The van der Waals surface area contributed by atoms with Gasteiger partial charge in [-0.25, -0.2) is 0 Å². The number of rotatable bonds is 7. The number of benzene rings is 1. The van der Waals surface area contributed by atoms with Gasteiger partial charge < -0.3 is 15.0 Å². The van der Waals surface area contributed by atoms with Crippen molar-refractivity contribution in [3.8, 4) is 0 Å². The molecular weight excluding hydrogens is 250 g/mol. The van der Waals surface area contributed by atoms with Crippen LogP contribution in [0.25, 0.3) is 0 Å². The first kappa shape index (κ1) is 14.9. The van der Waals surface area contributed by atoms with Gasteiger partial charge in [0.25, 0.3) is 0 Å². The summed E-state index contributed by atoms with van der Waals surface area (Å²) in [6, 6.07) is 10.4. The minimum absolute atomic E-state index is 0.763. The molecule has 1 aliphatic rings. The molecule has 0 unspecified atom stereocenters. The van der Waals surface area contributed by atoms with E-state index in [4.69, 9.17) is 4.74 Å². The highest BCUT2D eigenvalue weighted by Crippen LogP contribution is 2.28. The van der Waals surface area contributed by atoms with Gasteiger partial charge in [-0.3, -0.25) is 4.99 Å². The Morgan fingerprint density at radius 3 is 2.75 bits per heavy atom. The fraction of sp³-hybridized carbons (Fsp3) is 0.562. The van der Waals surface area contributed by atoms with Gasteiger partial charge >= 0.3 is 0 Å². The minimum atomic E-state index is 0.763. The van der Waals surface area contributed by atoms with Gasteiger partial charge in [0.1, 0.15) is 0 Å². The van der Waals surface area contributed by atoms with Crippen molar-refractivity contribution in [2.45, 2.75) is 19.4 Å². The highest BCUT2D eigenvalue weighted by molar-refractivity contribution is 5.79. The molecule has 110 valence electrons. The Morgan fingerprint density at radius 1 is 1.35 bits per heavy atom. The number of guanidine groups is 1. The molecule has 1 aromatic carbocycles. The number of hydrogen-bond acceptors (Lipinski definition) is 2. The monoisotopic (exact) mass is 275 g/mol. The van der Waals surface area contributed by atoms with E-state index in [0.717, 1.165) is 38.2 Å². The molecule has 0 spiro atoms. The van der Waals surface area contributed by atoms with Crippen molar-refractivity contribution >= 4 is 5.96 Å². The Kier molecular flexibility index (Phi) is 5.87. The van der Waals surface area contributed by atoms with Crippen LogP contribution in [0.2, 0.25) is 0 Å². The van der Waals surface area contributed by atoms with Gasteiger partial charge in [-0.15, -0.1) is 0 Å². The van der Waals surface area contributed by atoms with Crippen LogP contribution in [0.15, 0.2) is 35.3 Å². The first-order valence-electron chi connectivity index (χ1n) is 7.33. The zero-order valence-corrected chi connectivity index (χ0v) is 12.5. The van der Waals surface area contributed by atoms with Gasteiger partial charge in [0, 0.05) is 33.8 Å². The SMILES string of the molecule is CN=C(NCc1ccccc1)N(C)CCOCC1CC1. The van der Waals surface area contributed by atoms with E-state index in [0.29, 0.717) is 0 Å². The first-order chi connectivity index (χ1) is 9.79. The van der Waals surface area contributed by atoms with Crippen LogP contribution in [0, 0.1) is 5.92 Å². The molecule has 20 heavy (non-hydrogen) atoms. The molecule has 0 aliphatic heterocycles. The average Bonchev–Trinajstić information content (AvgIpc) is 3.29. The van der Waals surface area contributed by atoms with Crippen molar-refractivity contribution in [2.24, 2.45) is 10.9 Å². The normalized spacial score (nSPS) is 15.2. The average molecular weight is 275 g/mol. The number of aliphatic imine (C=N–C) groups is 1. The lowest BCUT2D eigenvalue weighted by Gasteiger charge is -2.22. The van der Waals surface area contributed by atoms with Crippen LogP contribution in [0.1, 0.15) is 18.4 Å². The molecule has 0 heterocycles. The summed E-state index contributed by atoms with van der Waals surface area (Å²) in [6.45, 7) is 3.34. The number of nitrogens with one attached hydrogen (secondary N) is 1. The molecular formula is C16H25N3O. The smallest absolute Gasteiger partial charge is 0.193 e. The van der Waals surface area contributed by atoms with E-state index in [9.17, 15) is 0 Å². The summed E-state index contributed by atoms with van der Waals surface area (Å²) in [7, 11) is 3.86. The van der Waals surface area contributed by atoms with Gasteiger partial charge in [-0.05, 0) is 24.3 Å². The Bertz CT molecular complexity index is 415. The van der Waals surface area contributed by atoms with E-state index in [1.54, 1.807) is 0 Å². The van der Waals surface area contributed by atoms with Crippen LogP contribution in [0.5, 0.6) is 0 Å². The predicted molar refractivity (Wildman–Crippen MR) is 82.8 cm³/mol. The molecule has 0 saturated heterocycles. The molecule has 1 aromatic rings. The summed E-state index contributed by atoms with van der Waals surface area (Å²) >= 11 is 0. The first-order valence-corrected chi connectivity index (χ1v) is 7.33. The molecule has 0 atom stereocenters. The summed E-state index contributed by atoms with van der Waals surface area (Å²) < 4.78 is 5.66. The summed E-state index contributed by atoms with van der Waals surface area (Å²) in [5.74, 6) is 1.74. The summed E-state index contributed by atoms with van der Waals surface area (Å²) in [6.07, 6.45) is 2.69. The molecule has 0 bridgehead atoms. The van der Waals surface area contributed by atoms with Crippen LogP contribution in [-0.4, -0.2) is 44.7 Å². The van der Waals surface area contributed by atoms with Gasteiger partial charge in [0.15, 0.2) is 5.96 Å². The summed E-state index contributed by atoms with van der Waals surface area (Å²) in [4.78, 5) is 6.41. The molecule has 1 aliphatic carbocycles. The van der Waals surface area contributed by atoms with E-state index in [1.807, 2.05) is 20.2 Å². The third-order valence-electron chi connectivity index (χ3n) is 3.49. The quantitative estimate of drug-likeness (QED) is 0.470. The number of likely N-dealkylation sites (N-methyl/N-ethyl adjacent to an activating group) is 1. The number of ether oxygens (including phenoxy) is 1. The van der Waals surface area contributed by atoms with Crippen LogP contribution in [0.3, 0.4) is 0 Å². The van der Waals surface area contributed by atoms with Crippen molar-refractivity contribution in [1.29, 1.82) is 0 Å². The second-order valence-corrected chi connectivity index (χ2v) is 5.33. The predicted octanol–water partition coefficient (Wildman–Crippen LogP) is 2.12. The molecule has 4 heteroatoms. The maximum atomic E-state index is 5.66. The van der Waals surface area contributed by atoms with E-state index < -0.39 is 0 Å². The second-order valence-electron chi connectivity index (χ2n) is 5.33. The van der Waals surface area contributed by atoms with E-state index in [-0.39, 0.29) is 0 Å². The molecule has 2 rings (SSSR count). The molecule has 1 N–H and O–H groups in total. The van der Waals surface area contributed by atoms with Crippen LogP contribution >= 0.6 is 0 Å². The van der Waals surface area contributed by atoms with Crippen molar-refractivity contribution in [2.75, 3.05) is 33.9 Å². The van der Waals surface area contributed by atoms with Crippen molar-refractivity contribution in [3.05, 3.63) is 35.9 Å². The third kappa shape index (κ3) is 5.21. The fourth-order valence-electron chi connectivity index (χ4n) is 2.00. The lowest BCUT2D eigenvalue weighted by molar-refractivity contribution is 0.115. The minimum Gasteiger partial charge on any atom is -0.379 e. The highest BCUT2D eigenvalue weighted by atomic mass is 16.5. The molecule has 1 saturated carbocycles. The number of hydrogen-bond donors (Lipinski definition) is 1. The maximum Gasteiger partial charge on any atom is 0.193 e. The van der Waals surface area contributed by atoms with Gasteiger partial charge in [0.2, 0.25) is 0 Å². The molecule has 1 fully saturated rings. The van der Waals surface area contributed by atoms with Crippen LogP contribution < -0.4 is 5.32 Å². The van der Waals surface area contributed by atoms with Gasteiger partial charge in [-0.2, -0.15) is 0 Å². The standard InChI is InChI=1S/C16H25N3O/c1-17-16(18-12-14-6-4-3-5-7-14)19(2)10-11-20-13-15-8-9-15/h3-7,15H,8-13H2,1-2H3,(H,17,18). The Hall–Kier alpha value is -1.55. The Labute approximate surface area is 121 Å². The topological polar surface area (TPSA) is 36.9 Å². The molecule has 0 radical (unpaired) electrons. The Balaban J connectivity index is 1.67. The zero-order chi connectivity index (χ0) is 14.2. The lowest BCUT2D eigenvalue weighted by Crippen LogP contribution is -2.40. The maximum absolute atomic E-state index is 5.66.